The fourth-order valence-corrected chi connectivity index (χ4v) is 2.72. The summed E-state index contributed by atoms with van der Waals surface area (Å²) in [6.45, 7) is 6.77. The van der Waals surface area contributed by atoms with Crippen molar-refractivity contribution in [1.82, 2.24) is 20.2 Å². The first-order valence-electron chi connectivity index (χ1n) is 6.78. The van der Waals surface area contributed by atoms with E-state index in [0.717, 1.165) is 15.6 Å². The van der Waals surface area contributed by atoms with E-state index in [4.69, 9.17) is 10.5 Å². The van der Waals surface area contributed by atoms with Crippen LogP contribution < -0.4 is 5.73 Å². The van der Waals surface area contributed by atoms with Gasteiger partial charge in [0.1, 0.15) is 0 Å². The predicted octanol–water partition coefficient (Wildman–Crippen LogP) is 2.84. The first kappa shape index (κ1) is 15.9. The molecule has 0 saturated carbocycles. The van der Waals surface area contributed by atoms with Gasteiger partial charge in [-0.1, -0.05) is 29.8 Å². The molecule has 114 valence electrons. The zero-order valence-electron chi connectivity index (χ0n) is 12.7. The second kappa shape index (κ2) is 6.53. The molecular formula is C14H20BrN5O. The lowest BCUT2D eigenvalue weighted by atomic mass is 10.0. The van der Waals surface area contributed by atoms with Gasteiger partial charge in [-0.2, -0.15) is 0 Å². The lowest BCUT2D eigenvalue weighted by Crippen LogP contribution is -2.22. The number of nitrogens with zero attached hydrogens (tertiary/aromatic N) is 4. The van der Waals surface area contributed by atoms with Crippen LogP contribution in [0.25, 0.3) is 11.4 Å². The molecule has 0 aliphatic heterocycles. The van der Waals surface area contributed by atoms with Gasteiger partial charge in [-0.25, -0.2) is 4.68 Å². The number of nitrogen functional groups attached to an aromatic ring is 1. The molecule has 0 radical (unpaired) electrons. The van der Waals surface area contributed by atoms with Crippen LogP contribution in [0.2, 0.25) is 0 Å². The van der Waals surface area contributed by atoms with Gasteiger partial charge in [0.25, 0.3) is 0 Å². The van der Waals surface area contributed by atoms with Gasteiger partial charge in [-0.05, 0) is 41.0 Å². The summed E-state index contributed by atoms with van der Waals surface area (Å²) in [7, 11) is 1.68. The maximum Gasteiger partial charge on any atom is 0.182 e. The number of hydrogen-bond donors (Lipinski definition) is 1. The zero-order valence-corrected chi connectivity index (χ0v) is 14.3. The second-order valence-corrected chi connectivity index (χ2v) is 6.30. The topological polar surface area (TPSA) is 78.8 Å². The number of hydrogen-bond acceptors (Lipinski definition) is 5. The molecule has 0 amide bonds. The molecule has 0 aliphatic carbocycles. The van der Waals surface area contributed by atoms with E-state index in [-0.39, 0.29) is 6.04 Å². The normalized spacial score (nSPS) is 12.9. The third kappa shape index (κ3) is 3.24. The van der Waals surface area contributed by atoms with Crippen LogP contribution in [0.5, 0.6) is 0 Å². The van der Waals surface area contributed by atoms with Gasteiger partial charge in [0.05, 0.1) is 12.6 Å². The summed E-state index contributed by atoms with van der Waals surface area (Å²) >= 11 is 3.47. The highest BCUT2D eigenvalue weighted by Gasteiger charge is 2.23. The maximum atomic E-state index is 6.04. The molecule has 0 aliphatic rings. The number of nitrogens with two attached hydrogens (primary N) is 1. The summed E-state index contributed by atoms with van der Waals surface area (Å²) in [5.41, 5.74) is 8.64. The summed E-state index contributed by atoms with van der Waals surface area (Å²) in [6.07, 6.45) is 0. The number of aromatic nitrogens is 4. The molecule has 0 saturated heterocycles. The van der Waals surface area contributed by atoms with Crippen molar-refractivity contribution in [2.24, 2.45) is 5.92 Å². The third-order valence-electron chi connectivity index (χ3n) is 3.57. The van der Waals surface area contributed by atoms with Crippen LogP contribution in [0.4, 0.5) is 5.69 Å². The summed E-state index contributed by atoms with van der Waals surface area (Å²) < 4.78 is 8.03. The van der Waals surface area contributed by atoms with E-state index in [9.17, 15) is 0 Å². The monoisotopic (exact) mass is 353 g/mol. The van der Waals surface area contributed by atoms with Gasteiger partial charge < -0.3 is 10.5 Å². The average molecular weight is 354 g/mol. The largest absolute Gasteiger partial charge is 0.398 e. The minimum absolute atomic E-state index is 0.0691. The predicted molar refractivity (Wildman–Crippen MR) is 85.9 cm³/mol. The molecule has 7 heteroatoms. The van der Waals surface area contributed by atoms with Crippen LogP contribution in [-0.2, 0) is 4.74 Å². The maximum absolute atomic E-state index is 6.04. The van der Waals surface area contributed by atoms with Crippen molar-refractivity contribution < 1.29 is 4.74 Å². The Hall–Kier alpha value is -1.47. The summed E-state index contributed by atoms with van der Waals surface area (Å²) in [6, 6.07) is 3.93. The van der Waals surface area contributed by atoms with E-state index < -0.39 is 0 Å². The van der Waals surface area contributed by atoms with Gasteiger partial charge >= 0.3 is 0 Å². The van der Waals surface area contributed by atoms with E-state index >= 15 is 0 Å². The van der Waals surface area contributed by atoms with Crippen molar-refractivity contribution in [1.29, 1.82) is 0 Å². The zero-order chi connectivity index (χ0) is 15.6. The summed E-state index contributed by atoms with van der Waals surface area (Å²) in [5.74, 6) is 1.05. The second-order valence-electron chi connectivity index (χ2n) is 5.38. The molecular weight excluding hydrogens is 334 g/mol. The van der Waals surface area contributed by atoms with Crippen molar-refractivity contribution >= 4 is 21.6 Å². The summed E-state index contributed by atoms with van der Waals surface area (Å²) in [4.78, 5) is 0. The number of tetrazole rings is 1. The van der Waals surface area contributed by atoms with E-state index in [1.807, 2.05) is 23.7 Å². The van der Waals surface area contributed by atoms with Crippen LogP contribution in [0.1, 0.15) is 25.5 Å². The molecule has 1 aromatic carbocycles. The quantitative estimate of drug-likeness (QED) is 0.836. The molecule has 1 aromatic heterocycles. The SMILES string of the molecule is COCC(C(C)C)n1nnnc1-c1cc(Br)cc(N)c1C. The first-order chi connectivity index (χ1) is 9.95. The number of benzene rings is 1. The fraction of sp³-hybridized carbons (Fsp3) is 0.500. The van der Waals surface area contributed by atoms with Crippen molar-refractivity contribution in [2.75, 3.05) is 19.5 Å². The summed E-state index contributed by atoms with van der Waals surface area (Å²) in [5, 5.41) is 12.2. The average Bonchev–Trinajstić information content (AvgIpc) is 2.88. The Bertz CT molecular complexity index is 626. The minimum atomic E-state index is 0.0691. The van der Waals surface area contributed by atoms with Gasteiger partial charge in [0.2, 0.25) is 0 Å². The van der Waals surface area contributed by atoms with Crippen molar-refractivity contribution in [3.05, 3.63) is 22.2 Å². The molecule has 6 nitrogen and oxygen atoms in total. The number of methoxy groups -OCH3 is 1. The Morgan fingerprint density at radius 1 is 1.38 bits per heavy atom. The van der Waals surface area contributed by atoms with Gasteiger partial charge in [-0.3, -0.25) is 0 Å². The van der Waals surface area contributed by atoms with Crippen LogP contribution >= 0.6 is 15.9 Å². The third-order valence-corrected chi connectivity index (χ3v) is 4.03. The van der Waals surface area contributed by atoms with Crippen molar-refractivity contribution in [3.63, 3.8) is 0 Å². The molecule has 0 fully saturated rings. The number of anilines is 1. The number of rotatable bonds is 5. The van der Waals surface area contributed by atoms with Gasteiger partial charge in [0, 0.05) is 22.8 Å². The molecule has 2 rings (SSSR count). The molecule has 0 bridgehead atoms. The first-order valence-corrected chi connectivity index (χ1v) is 7.57. The van der Waals surface area contributed by atoms with E-state index in [2.05, 4.69) is 45.3 Å². The van der Waals surface area contributed by atoms with Crippen LogP contribution in [0.3, 0.4) is 0 Å². The Labute approximate surface area is 132 Å². The molecule has 0 spiro atoms. The van der Waals surface area contributed by atoms with E-state index in [1.54, 1.807) is 7.11 Å². The highest BCUT2D eigenvalue weighted by Crippen LogP contribution is 2.31. The standard InChI is InChI=1S/C14H20BrN5O/c1-8(2)13(7-21-4)20-14(17-18-19-20)11-5-10(15)6-12(16)9(11)3/h5-6,8,13H,7,16H2,1-4H3. The van der Waals surface area contributed by atoms with Crippen LogP contribution in [0.15, 0.2) is 16.6 Å². The molecule has 21 heavy (non-hydrogen) atoms. The molecule has 1 unspecified atom stereocenters. The van der Waals surface area contributed by atoms with Gasteiger partial charge in [0.15, 0.2) is 5.82 Å². The molecule has 1 heterocycles. The Morgan fingerprint density at radius 2 is 2.10 bits per heavy atom. The van der Waals surface area contributed by atoms with E-state index in [1.165, 1.54) is 0 Å². The molecule has 2 N–H and O–H groups in total. The highest BCUT2D eigenvalue weighted by atomic mass is 79.9. The minimum Gasteiger partial charge on any atom is -0.398 e. The van der Waals surface area contributed by atoms with Crippen LogP contribution in [0, 0.1) is 12.8 Å². The van der Waals surface area contributed by atoms with Gasteiger partial charge in [-0.15, -0.1) is 5.10 Å². The lowest BCUT2D eigenvalue weighted by Gasteiger charge is -2.21. The lowest BCUT2D eigenvalue weighted by molar-refractivity contribution is 0.126. The van der Waals surface area contributed by atoms with Crippen LogP contribution in [-0.4, -0.2) is 33.9 Å². The van der Waals surface area contributed by atoms with Crippen molar-refractivity contribution in [3.8, 4) is 11.4 Å². The highest BCUT2D eigenvalue weighted by molar-refractivity contribution is 9.10. The molecule has 2 aromatic rings. The number of halogens is 1. The number of ether oxygens (including phenoxy) is 1. The molecule has 1 atom stereocenters. The smallest absolute Gasteiger partial charge is 0.182 e. The Morgan fingerprint density at radius 3 is 2.71 bits per heavy atom. The van der Waals surface area contributed by atoms with E-state index in [0.29, 0.717) is 24.0 Å². The Balaban J connectivity index is 2.54. The Kier molecular flexibility index (Phi) is 4.95. The van der Waals surface area contributed by atoms with Crippen molar-refractivity contribution in [2.45, 2.75) is 26.8 Å². The fourth-order valence-electron chi connectivity index (χ4n) is 2.24.